The minimum atomic E-state index is -0.323. The topological polar surface area (TPSA) is 42.2 Å². The van der Waals surface area contributed by atoms with E-state index >= 15 is 0 Å². The molecule has 2 aromatic rings. The summed E-state index contributed by atoms with van der Waals surface area (Å²) >= 11 is 14.9. The van der Waals surface area contributed by atoms with Gasteiger partial charge in [0.15, 0.2) is 4.67 Å². The highest BCUT2D eigenvalue weighted by Crippen LogP contribution is 2.25. The van der Waals surface area contributed by atoms with Crippen LogP contribution in [0.3, 0.4) is 0 Å². The lowest BCUT2D eigenvalue weighted by atomic mass is 10.3. The Bertz CT molecular complexity index is 637. The molecule has 0 saturated carbocycles. The van der Waals surface area contributed by atoms with E-state index in [-0.39, 0.29) is 5.91 Å². The summed E-state index contributed by atoms with van der Waals surface area (Å²) in [4.78, 5) is 11.7. The smallest absolute Gasteiger partial charge is 0.248 e. The number of anilines is 1. The summed E-state index contributed by atoms with van der Waals surface area (Å²) in [6.45, 7) is 0. The molecule has 0 unspecified atom stereocenters. The Balaban J connectivity index is 2.05. The predicted molar refractivity (Wildman–Crippen MR) is 80.5 cm³/mol. The first-order chi connectivity index (χ1) is 9.04. The van der Waals surface area contributed by atoms with Crippen molar-refractivity contribution in [3.05, 3.63) is 56.9 Å². The highest BCUT2D eigenvalue weighted by molar-refractivity contribution is 9.10. The van der Waals surface area contributed by atoms with Gasteiger partial charge in [-0.15, -0.1) is 0 Å². The van der Waals surface area contributed by atoms with Crippen molar-refractivity contribution >= 4 is 56.8 Å². The maximum absolute atomic E-state index is 11.7. The van der Waals surface area contributed by atoms with Gasteiger partial charge in [0.1, 0.15) is 5.76 Å². The van der Waals surface area contributed by atoms with Gasteiger partial charge in [-0.1, -0.05) is 23.2 Å². The van der Waals surface area contributed by atoms with Crippen molar-refractivity contribution in [2.24, 2.45) is 0 Å². The largest absolute Gasteiger partial charge is 0.450 e. The highest BCUT2D eigenvalue weighted by Gasteiger charge is 2.04. The molecule has 1 amide bonds. The highest BCUT2D eigenvalue weighted by atomic mass is 79.9. The summed E-state index contributed by atoms with van der Waals surface area (Å²) in [5.74, 6) is 0.246. The number of amides is 1. The molecule has 0 atom stereocenters. The van der Waals surface area contributed by atoms with Crippen LogP contribution in [0.2, 0.25) is 10.0 Å². The molecule has 0 aliphatic heterocycles. The third-order valence-corrected chi connectivity index (χ3v) is 3.17. The summed E-state index contributed by atoms with van der Waals surface area (Å²) in [6, 6.07) is 8.33. The number of hydrogen-bond acceptors (Lipinski definition) is 2. The van der Waals surface area contributed by atoms with Gasteiger partial charge in [0, 0.05) is 11.1 Å². The first-order valence-corrected chi connectivity index (χ1v) is 6.79. The van der Waals surface area contributed by atoms with Gasteiger partial charge in [0.2, 0.25) is 5.91 Å². The Morgan fingerprint density at radius 2 is 2.05 bits per heavy atom. The van der Waals surface area contributed by atoms with Crippen LogP contribution in [0.4, 0.5) is 5.69 Å². The van der Waals surface area contributed by atoms with E-state index in [1.54, 1.807) is 36.4 Å². The molecule has 2 rings (SSSR count). The monoisotopic (exact) mass is 359 g/mol. The zero-order chi connectivity index (χ0) is 13.8. The van der Waals surface area contributed by atoms with Crippen LogP contribution in [0, 0.1) is 0 Å². The van der Waals surface area contributed by atoms with E-state index in [1.807, 2.05) is 0 Å². The molecule has 0 bridgehead atoms. The van der Waals surface area contributed by atoms with Gasteiger partial charge in [-0.25, -0.2) is 0 Å². The molecular weight excluding hydrogens is 353 g/mol. The van der Waals surface area contributed by atoms with Crippen LogP contribution in [0.15, 0.2) is 45.5 Å². The van der Waals surface area contributed by atoms with Crippen molar-refractivity contribution in [2.75, 3.05) is 5.32 Å². The van der Waals surface area contributed by atoms with Crippen molar-refractivity contribution < 1.29 is 9.21 Å². The quantitative estimate of drug-likeness (QED) is 0.782. The fraction of sp³-hybridized carbons (Fsp3) is 0. The molecule has 1 N–H and O–H groups in total. The molecule has 0 saturated heterocycles. The number of furan rings is 1. The number of benzene rings is 1. The number of hydrogen-bond donors (Lipinski definition) is 1. The van der Waals surface area contributed by atoms with Crippen molar-refractivity contribution in [1.82, 2.24) is 0 Å². The minimum absolute atomic E-state index is 0.323. The first kappa shape index (κ1) is 14.2. The summed E-state index contributed by atoms with van der Waals surface area (Å²) in [6.07, 6.45) is 2.90. The van der Waals surface area contributed by atoms with Crippen molar-refractivity contribution in [3.8, 4) is 0 Å². The van der Waals surface area contributed by atoms with E-state index in [4.69, 9.17) is 27.6 Å². The number of carbonyl (C=O) groups excluding carboxylic acids is 1. The second-order valence-corrected chi connectivity index (χ2v) is 5.21. The molecule has 0 aliphatic rings. The molecule has 1 heterocycles. The van der Waals surface area contributed by atoms with E-state index < -0.39 is 0 Å². The van der Waals surface area contributed by atoms with E-state index in [9.17, 15) is 4.79 Å². The minimum Gasteiger partial charge on any atom is -0.450 e. The molecule has 0 spiro atoms. The summed E-state index contributed by atoms with van der Waals surface area (Å²) < 4.78 is 5.83. The molecule has 0 aliphatic carbocycles. The fourth-order valence-electron chi connectivity index (χ4n) is 1.34. The molecule has 3 nitrogen and oxygen atoms in total. The Morgan fingerprint density at radius 3 is 2.74 bits per heavy atom. The van der Waals surface area contributed by atoms with Gasteiger partial charge in [-0.3, -0.25) is 4.79 Å². The number of rotatable bonds is 3. The molecule has 6 heteroatoms. The van der Waals surface area contributed by atoms with E-state index in [0.717, 1.165) is 0 Å². The third-order valence-electron chi connectivity index (χ3n) is 2.18. The third kappa shape index (κ3) is 4.13. The van der Waals surface area contributed by atoms with Gasteiger partial charge < -0.3 is 9.73 Å². The van der Waals surface area contributed by atoms with Crippen LogP contribution in [-0.4, -0.2) is 5.91 Å². The van der Waals surface area contributed by atoms with Crippen LogP contribution in [0.1, 0.15) is 5.76 Å². The maximum atomic E-state index is 11.7. The van der Waals surface area contributed by atoms with Crippen molar-refractivity contribution in [3.63, 3.8) is 0 Å². The Morgan fingerprint density at radius 1 is 1.26 bits per heavy atom. The summed E-state index contributed by atoms with van der Waals surface area (Å²) in [5, 5.41) is 3.55. The van der Waals surface area contributed by atoms with Crippen molar-refractivity contribution in [1.29, 1.82) is 0 Å². The molecule has 19 heavy (non-hydrogen) atoms. The summed E-state index contributed by atoms with van der Waals surface area (Å²) in [7, 11) is 0. The SMILES string of the molecule is O=C(/C=C/c1ccc(Br)o1)Nc1cc(Cl)ccc1Cl. The number of carbonyl (C=O) groups is 1. The zero-order valence-electron chi connectivity index (χ0n) is 9.49. The van der Waals surface area contributed by atoms with Crippen LogP contribution >= 0.6 is 39.1 Å². The maximum Gasteiger partial charge on any atom is 0.248 e. The zero-order valence-corrected chi connectivity index (χ0v) is 12.6. The molecular formula is C13H8BrCl2NO2. The second kappa shape index (κ2) is 6.28. The van der Waals surface area contributed by atoms with Crippen LogP contribution in [0.5, 0.6) is 0 Å². The Kier molecular flexibility index (Phi) is 4.69. The lowest BCUT2D eigenvalue weighted by molar-refractivity contribution is -0.111. The van der Waals surface area contributed by atoms with Gasteiger partial charge in [-0.05, 0) is 52.3 Å². The van der Waals surface area contributed by atoms with Gasteiger partial charge in [0.05, 0.1) is 10.7 Å². The van der Waals surface area contributed by atoms with Crippen molar-refractivity contribution in [2.45, 2.75) is 0 Å². The Hall–Kier alpha value is -1.23. The lowest BCUT2D eigenvalue weighted by Crippen LogP contribution is -2.08. The van der Waals surface area contributed by atoms with Crippen LogP contribution < -0.4 is 5.32 Å². The van der Waals surface area contributed by atoms with E-state index in [2.05, 4.69) is 21.2 Å². The molecule has 98 valence electrons. The van der Waals surface area contributed by atoms with Gasteiger partial charge in [0.25, 0.3) is 0 Å². The summed E-state index contributed by atoms with van der Waals surface area (Å²) in [5.41, 5.74) is 0.462. The molecule has 0 radical (unpaired) electrons. The number of nitrogens with one attached hydrogen (secondary N) is 1. The van der Waals surface area contributed by atoms with Crippen LogP contribution in [-0.2, 0) is 4.79 Å². The second-order valence-electron chi connectivity index (χ2n) is 3.59. The number of halogens is 3. The molecule has 0 fully saturated rings. The average molecular weight is 361 g/mol. The van der Waals surface area contributed by atoms with Gasteiger partial charge >= 0.3 is 0 Å². The normalized spacial score (nSPS) is 10.9. The van der Waals surface area contributed by atoms with Gasteiger partial charge in [-0.2, -0.15) is 0 Å². The molecule has 1 aromatic carbocycles. The molecule has 1 aromatic heterocycles. The fourth-order valence-corrected chi connectivity index (χ4v) is 2.00. The standard InChI is InChI=1S/C13H8BrCl2NO2/c14-12-5-2-9(19-12)3-6-13(18)17-11-7-8(15)1-4-10(11)16/h1-7H,(H,17,18)/b6-3+. The van der Waals surface area contributed by atoms with E-state index in [1.165, 1.54) is 6.08 Å². The predicted octanol–water partition coefficient (Wildman–Crippen LogP) is 5.00. The average Bonchev–Trinajstić information content (AvgIpc) is 2.77. The first-order valence-electron chi connectivity index (χ1n) is 5.24. The van der Waals surface area contributed by atoms with E-state index in [0.29, 0.717) is 26.2 Å². The lowest BCUT2D eigenvalue weighted by Gasteiger charge is -2.04. The Labute approximate surface area is 128 Å². The van der Waals surface area contributed by atoms with Crippen LogP contribution in [0.25, 0.3) is 6.08 Å².